The molecule has 0 aromatic rings. The number of hydrogen-bond donors (Lipinski definition) is 1. The SMILES string of the molecule is CC(N)C1CC1C1CCCCCCC1. The largest absolute Gasteiger partial charge is 0.328 e. The minimum atomic E-state index is 0.449. The van der Waals surface area contributed by atoms with Crippen molar-refractivity contribution in [3.05, 3.63) is 0 Å². The van der Waals surface area contributed by atoms with E-state index >= 15 is 0 Å². The highest BCUT2D eigenvalue weighted by Crippen LogP contribution is 2.49. The molecule has 2 saturated carbocycles. The molecule has 0 spiro atoms. The number of nitrogens with two attached hydrogens (primary N) is 1. The van der Waals surface area contributed by atoms with Crippen LogP contribution in [0, 0.1) is 17.8 Å². The van der Waals surface area contributed by atoms with Gasteiger partial charge < -0.3 is 5.73 Å². The van der Waals surface area contributed by atoms with Crippen molar-refractivity contribution >= 4 is 0 Å². The Morgan fingerprint density at radius 2 is 1.57 bits per heavy atom. The molecule has 2 N–H and O–H groups in total. The van der Waals surface area contributed by atoms with E-state index in [1.165, 1.54) is 51.4 Å². The van der Waals surface area contributed by atoms with Gasteiger partial charge in [-0.3, -0.25) is 0 Å². The molecule has 82 valence electrons. The highest BCUT2D eigenvalue weighted by molar-refractivity contribution is 4.95. The standard InChI is InChI=1S/C13H25N/c1-10(14)12-9-13(12)11-7-5-3-2-4-6-8-11/h10-13H,2-9,14H2,1H3. The van der Waals surface area contributed by atoms with Crippen molar-refractivity contribution in [1.29, 1.82) is 0 Å². The van der Waals surface area contributed by atoms with Crippen LogP contribution in [0.15, 0.2) is 0 Å². The smallest absolute Gasteiger partial charge is 0.00416 e. The predicted molar refractivity (Wildman–Crippen MR) is 61.1 cm³/mol. The van der Waals surface area contributed by atoms with Gasteiger partial charge in [0.05, 0.1) is 0 Å². The van der Waals surface area contributed by atoms with Crippen molar-refractivity contribution in [2.45, 2.75) is 64.3 Å². The maximum atomic E-state index is 5.96. The van der Waals surface area contributed by atoms with Crippen LogP contribution in [-0.4, -0.2) is 6.04 Å². The first-order valence-electron chi connectivity index (χ1n) is 6.54. The van der Waals surface area contributed by atoms with Gasteiger partial charge in [0.25, 0.3) is 0 Å². The fraction of sp³-hybridized carbons (Fsp3) is 1.00. The van der Waals surface area contributed by atoms with E-state index in [1.807, 2.05) is 0 Å². The normalized spacial score (nSPS) is 37.3. The molecule has 0 aromatic carbocycles. The Morgan fingerprint density at radius 3 is 2.07 bits per heavy atom. The Kier molecular flexibility index (Phi) is 3.48. The summed E-state index contributed by atoms with van der Waals surface area (Å²) in [6.45, 7) is 2.19. The average Bonchev–Trinajstić information content (AvgIpc) is 2.82. The number of hydrogen-bond acceptors (Lipinski definition) is 1. The molecule has 0 saturated heterocycles. The minimum Gasteiger partial charge on any atom is -0.328 e. The van der Waals surface area contributed by atoms with Crippen molar-refractivity contribution in [2.24, 2.45) is 23.5 Å². The molecule has 0 heterocycles. The van der Waals surface area contributed by atoms with E-state index in [1.54, 1.807) is 0 Å². The molecule has 1 nitrogen and oxygen atoms in total. The van der Waals surface area contributed by atoms with Gasteiger partial charge in [-0.25, -0.2) is 0 Å². The van der Waals surface area contributed by atoms with Gasteiger partial charge in [0, 0.05) is 6.04 Å². The molecular weight excluding hydrogens is 170 g/mol. The van der Waals surface area contributed by atoms with Crippen LogP contribution in [0.4, 0.5) is 0 Å². The molecule has 2 aliphatic carbocycles. The van der Waals surface area contributed by atoms with Crippen LogP contribution in [0.5, 0.6) is 0 Å². The molecular formula is C13H25N. The Morgan fingerprint density at radius 1 is 1.00 bits per heavy atom. The molecule has 2 fully saturated rings. The van der Waals surface area contributed by atoms with E-state index in [0.29, 0.717) is 6.04 Å². The van der Waals surface area contributed by atoms with E-state index in [2.05, 4.69) is 6.92 Å². The molecule has 3 unspecified atom stereocenters. The van der Waals surface area contributed by atoms with Crippen molar-refractivity contribution in [3.8, 4) is 0 Å². The third kappa shape index (κ3) is 2.50. The highest BCUT2D eigenvalue weighted by Gasteiger charge is 2.43. The second-order valence-electron chi connectivity index (χ2n) is 5.53. The quantitative estimate of drug-likeness (QED) is 0.718. The predicted octanol–water partition coefficient (Wildman–Crippen LogP) is 3.33. The summed E-state index contributed by atoms with van der Waals surface area (Å²) >= 11 is 0. The van der Waals surface area contributed by atoms with Gasteiger partial charge in [-0.2, -0.15) is 0 Å². The van der Waals surface area contributed by atoms with Gasteiger partial charge in [-0.15, -0.1) is 0 Å². The molecule has 0 aromatic heterocycles. The molecule has 0 bridgehead atoms. The van der Waals surface area contributed by atoms with E-state index in [-0.39, 0.29) is 0 Å². The molecule has 1 heteroatoms. The van der Waals surface area contributed by atoms with E-state index in [9.17, 15) is 0 Å². The third-order valence-corrected chi connectivity index (χ3v) is 4.32. The van der Waals surface area contributed by atoms with Gasteiger partial charge >= 0.3 is 0 Å². The molecule has 0 radical (unpaired) electrons. The topological polar surface area (TPSA) is 26.0 Å². The van der Waals surface area contributed by atoms with Crippen molar-refractivity contribution < 1.29 is 0 Å². The van der Waals surface area contributed by atoms with Gasteiger partial charge in [-0.1, -0.05) is 44.9 Å². The number of rotatable bonds is 2. The van der Waals surface area contributed by atoms with Crippen LogP contribution >= 0.6 is 0 Å². The second kappa shape index (κ2) is 4.65. The lowest BCUT2D eigenvalue weighted by atomic mass is 9.86. The summed E-state index contributed by atoms with van der Waals surface area (Å²) in [7, 11) is 0. The zero-order chi connectivity index (χ0) is 9.97. The van der Waals surface area contributed by atoms with Crippen LogP contribution in [0.2, 0.25) is 0 Å². The lowest BCUT2D eigenvalue weighted by molar-refractivity contribution is 0.323. The summed E-state index contributed by atoms with van der Waals surface area (Å²) < 4.78 is 0. The molecule has 0 amide bonds. The van der Waals surface area contributed by atoms with Gasteiger partial charge in [0.2, 0.25) is 0 Å². The molecule has 14 heavy (non-hydrogen) atoms. The summed E-state index contributed by atoms with van der Waals surface area (Å²) in [5.41, 5.74) is 5.96. The molecule has 3 atom stereocenters. The Bertz CT molecular complexity index is 168. The van der Waals surface area contributed by atoms with Crippen molar-refractivity contribution in [2.75, 3.05) is 0 Å². The maximum absolute atomic E-state index is 5.96. The summed E-state index contributed by atoms with van der Waals surface area (Å²) in [5, 5.41) is 0. The lowest BCUT2D eigenvalue weighted by Crippen LogP contribution is -2.20. The van der Waals surface area contributed by atoms with Crippen LogP contribution in [0.3, 0.4) is 0 Å². The van der Waals surface area contributed by atoms with E-state index < -0.39 is 0 Å². The Hall–Kier alpha value is -0.0400. The first kappa shape index (κ1) is 10.5. The van der Waals surface area contributed by atoms with Gasteiger partial charge in [0.1, 0.15) is 0 Å². The van der Waals surface area contributed by atoms with Crippen molar-refractivity contribution in [1.82, 2.24) is 0 Å². The summed E-state index contributed by atoms with van der Waals surface area (Å²) in [4.78, 5) is 0. The third-order valence-electron chi connectivity index (χ3n) is 4.32. The van der Waals surface area contributed by atoms with Crippen LogP contribution < -0.4 is 5.73 Å². The Labute approximate surface area is 88.4 Å². The molecule has 2 rings (SSSR count). The second-order valence-corrected chi connectivity index (χ2v) is 5.53. The summed E-state index contributed by atoms with van der Waals surface area (Å²) in [6.07, 6.45) is 11.8. The maximum Gasteiger partial charge on any atom is 0.00416 e. The molecule has 0 aliphatic heterocycles. The van der Waals surface area contributed by atoms with E-state index in [4.69, 9.17) is 5.73 Å². The lowest BCUT2D eigenvalue weighted by Gasteiger charge is -2.20. The van der Waals surface area contributed by atoms with E-state index in [0.717, 1.165) is 17.8 Å². The van der Waals surface area contributed by atoms with Crippen molar-refractivity contribution in [3.63, 3.8) is 0 Å². The van der Waals surface area contributed by atoms with Crippen LogP contribution in [0.1, 0.15) is 58.3 Å². The monoisotopic (exact) mass is 195 g/mol. The molecule has 2 aliphatic rings. The fourth-order valence-electron chi connectivity index (χ4n) is 3.30. The first-order valence-corrected chi connectivity index (χ1v) is 6.54. The summed E-state index contributed by atoms with van der Waals surface area (Å²) in [5.74, 6) is 2.92. The highest BCUT2D eigenvalue weighted by atomic mass is 14.7. The zero-order valence-corrected chi connectivity index (χ0v) is 9.54. The average molecular weight is 195 g/mol. The fourth-order valence-corrected chi connectivity index (χ4v) is 3.30. The zero-order valence-electron chi connectivity index (χ0n) is 9.54. The van der Waals surface area contributed by atoms with Gasteiger partial charge in [0.15, 0.2) is 0 Å². The summed E-state index contributed by atoms with van der Waals surface area (Å²) in [6, 6.07) is 0.449. The first-order chi connectivity index (χ1) is 6.79. The Balaban J connectivity index is 1.78. The van der Waals surface area contributed by atoms with Crippen LogP contribution in [-0.2, 0) is 0 Å². The minimum absolute atomic E-state index is 0.449. The van der Waals surface area contributed by atoms with Crippen LogP contribution in [0.25, 0.3) is 0 Å². The van der Waals surface area contributed by atoms with Gasteiger partial charge in [-0.05, 0) is 31.1 Å².